The molecule has 8 nitrogen and oxygen atoms in total. The number of aromatic nitrogens is 1. The molecule has 2 aliphatic rings. The maximum atomic E-state index is 13.8. The van der Waals surface area contributed by atoms with Gasteiger partial charge in [-0.1, -0.05) is 45.6 Å². The smallest absolute Gasteiger partial charge is 0.250 e. The Hall–Kier alpha value is -2.16. The summed E-state index contributed by atoms with van der Waals surface area (Å²) in [6, 6.07) is 5.60. The van der Waals surface area contributed by atoms with Gasteiger partial charge in [-0.05, 0) is 56.6 Å². The third-order valence-electron chi connectivity index (χ3n) is 8.96. The molecule has 3 rings (SSSR count). The fourth-order valence-electron chi connectivity index (χ4n) is 6.36. The van der Waals surface area contributed by atoms with Gasteiger partial charge in [-0.15, -0.1) is 0 Å². The van der Waals surface area contributed by atoms with Gasteiger partial charge in [0, 0.05) is 50.9 Å². The van der Waals surface area contributed by atoms with Crippen molar-refractivity contribution < 1.29 is 18.8 Å². The van der Waals surface area contributed by atoms with Gasteiger partial charge in [-0.25, -0.2) is 0 Å². The Labute approximate surface area is 255 Å². The van der Waals surface area contributed by atoms with Crippen LogP contribution in [-0.2, 0) is 20.8 Å². The third kappa shape index (κ3) is 11.2. The fourth-order valence-corrected chi connectivity index (χ4v) is 6.36. The minimum atomic E-state index is -0.00245. The number of rotatable bonds is 18. The van der Waals surface area contributed by atoms with Gasteiger partial charge in [0.15, 0.2) is 6.79 Å². The van der Waals surface area contributed by atoms with Crippen molar-refractivity contribution in [2.24, 2.45) is 11.8 Å². The second kappa shape index (κ2) is 17.2. The number of hydrogen-bond donors (Lipinski definition) is 0. The van der Waals surface area contributed by atoms with Crippen molar-refractivity contribution in [1.29, 1.82) is 0 Å². The number of aryl methyl sites for hydroxylation is 1. The van der Waals surface area contributed by atoms with Gasteiger partial charge in [0.05, 0.1) is 34.2 Å². The number of allylic oxidation sites excluding steroid dienone is 1. The topological polar surface area (TPSA) is 64.0 Å². The van der Waals surface area contributed by atoms with Gasteiger partial charge in [0.1, 0.15) is 11.9 Å². The fraction of sp³-hybridized carbons (Fsp3) is 0.765. The van der Waals surface area contributed by atoms with Gasteiger partial charge in [-0.2, -0.15) is 0 Å². The highest BCUT2D eigenvalue weighted by Gasteiger charge is 2.37. The Morgan fingerprint density at radius 1 is 1.12 bits per heavy atom. The number of likely N-dealkylation sites (tertiary alicyclic amines) is 1. The summed E-state index contributed by atoms with van der Waals surface area (Å²) >= 11 is 0. The van der Waals surface area contributed by atoms with E-state index >= 15 is 0 Å². The highest BCUT2D eigenvalue weighted by atomic mass is 16.7. The number of quaternary nitrogens is 1. The van der Waals surface area contributed by atoms with Crippen LogP contribution in [0.1, 0.15) is 78.6 Å². The Kier molecular flexibility index (Phi) is 14.1. The summed E-state index contributed by atoms with van der Waals surface area (Å²) in [7, 11) is 6.63. The molecule has 1 aromatic rings. The Bertz CT molecular complexity index is 1030. The summed E-state index contributed by atoms with van der Waals surface area (Å²) < 4.78 is 14.2. The van der Waals surface area contributed by atoms with E-state index in [1.165, 1.54) is 19.3 Å². The Morgan fingerprint density at radius 2 is 1.88 bits per heavy atom. The van der Waals surface area contributed by atoms with Gasteiger partial charge in [0.2, 0.25) is 11.5 Å². The first-order chi connectivity index (χ1) is 20.1. The molecule has 3 heterocycles. The van der Waals surface area contributed by atoms with Crippen LogP contribution >= 0.6 is 0 Å². The standard InChI is InChI=1S/C34H59N4O4/c1-7-9-11-15-29(24-32-28(3)41-27-42-32)30-23-31(17-21-36-19-13-12-16-33(36)39)37(25-30)26-34(40)35(18-10-8-2)20-14-22-38(4,5)6/h12-13,16,19,24,28-31H,7-11,14-15,17-18,20-23,25-27H2,1-6H3/q+1/b32-24+. The average molecular weight is 588 g/mol. The molecular weight excluding hydrogens is 528 g/mol. The Morgan fingerprint density at radius 3 is 2.55 bits per heavy atom. The van der Waals surface area contributed by atoms with Crippen molar-refractivity contribution in [3.63, 3.8) is 0 Å². The van der Waals surface area contributed by atoms with E-state index < -0.39 is 0 Å². The van der Waals surface area contributed by atoms with Crippen LogP contribution < -0.4 is 5.56 Å². The molecule has 4 unspecified atom stereocenters. The number of amides is 1. The van der Waals surface area contributed by atoms with Crippen LogP contribution in [0, 0.1) is 11.8 Å². The van der Waals surface area contributed by atoms with Crippen molar-refractivity contribution in [3.8, 4) is 0 Å². The molecule has 8 heteroatoms. The molecule has 238 valence electrons. The van der Waals surface area contributed by atoms with Crippen molar-refractivity contribution in [3.05, 3.63) is 46.6 Å². The molecule has 42 heavy (non-hydrogen) atoms. The lowest BCUT2D eigenvalue weighted by Gasteiger charge is -2.30. The summed E-state index contributed by atoms with van der Waals surface area (Å²) in [6.07, 6.45) is 14.0. The van der Waals surface area contributed by atoms with Crippen LogP contribution in [0.25, 0.3) is 0 Å². The molecule has 2 aliphatic heterocycles. The molecule has 1 aromatic heterocycles. The number of unbranched alkanes of at least 4 members (excludes halogenated alkanes) is 3. The lowest BCUT2D eigenvalue weighted by Crippen LogP contribution is -2.44. The van der Waals surface area contributed by atoms with E-state index in [0.717, 1.165) is 74.9 Å². The predicted molar refractivity (Wildman–Crippen MR) is 170 cm³/mol. The zero-order chi connectivity index (χ0) is 30.5. The molecule has 2 fully saturated rings. The summed E-state index contributed by atoms with van der Waals surface area (Å²) in [5.74, 6) is 2.03. The molecule has 0 N–H and O–H groups in total. The first-order valence-electron chi connectivity index (χ1n) is 16.5. The van der Waals surface area contributed by atoms with Crippen molar-refractivity contribution >= 4 is 5.91 Å². The van der Waals surface area contributed by atoms with Crippen LogP contribution in [0.3, 0.4) is 0 Å². The molecule has 4 atom stereocenters. The number of ether oxygens (including phenoxy) is 2. The van der Waals surface area contributed by atoms with Crippen LogP contribution in [0.15, 0.2) is 41.0 Å². The van der Waals surface area contributed by atoms with Crippen LogP contribution in [0.4, 0.5) is 0 Å². The zero-order valence-electron chi connectivity index (χ0n) is 27.4. The molecule has 0 bridgehead atoms. The van der Waals surface area contributed by atoms with Gasteiger partial charge >= 0.3 is 0 Å². The van der Waals surface area contributed by atoms with Crippen LogP contribution in [0.5, 0.6) is 0 Å². The molecule has 0 saturated carbocycles. The van der Waals surface area contributed by atoms with E-state index in [1.807, 2.05) is 12.3 Å². The first-order valence-corrected chi connectivity index (χ1v) is 16.5. The lowest BCUT2D eigenvalue weighted by atomic mass is 9.84. The normalized spacial score (nSPS) is 22.9. The van der Waals surface area contributed by atoms with Crippen molar-refractivity contribution in [1.82, 2.24) is 14.4 Å². The average Bonchev–Trinajstić information content (AvgIpc) is 3.54. The lowest BCUT2D eigenvalue weighted by molar-refractivity contribution is -0.870. The highest BCUT2D eigenvalue weighted by Crippen LogP contribution is 2.36. The maximum Gasteiger partial charge on any atom is 0.250 e. The highest BCUT2D eigenvalue weighted by molar-refractivity contribution is 5.78. The molecule has 0 aliphatic carbocycles. The SMILES string of the molecule is CCCCCC(/C=C1/OCOC1C)C1CC(CCn2ccccc2=O)N(CC(=O)N(CCCC)CCC[N+](C)(C)C)C1. The molecule has 2 saturated heterocycles. The van der Waals surface area contributed by atoms with Crippen molar-refractivity contribution in [2.45, 2.75) is 97.2 Å². The Balaban J connectivity index is 1.77. The summed E-state index contributed by atoms with van der Waals surface area (Å²) in [5, 5.41) is 0. The maximum absolute atomic E-state index is 13.8. The summed E-state index contributed by atoms with van der Waals surface area (Å²) in [5.41, 5.74) is 0.0345. The monoisotopic (exact) mass is 587 g/mol. The van der Waals surface area contributed by atoms with Gasteiger partial charge in [0.25, 0.3) is 0 Å². The molecule has 0 radical (unpaired) electrons. The zero-order valence-corrected chi connectivity index (χ0v) is 27.4. The minimum absolute atomic E-state index is 0.00245. The molecule has 0 spiro atoms. The van der Waals surface area contributed by atoms with Gasteiger partial charge in [-0.3, -0.25) is 14.5 Å². The summed E-state index contributed by atoms with van der Waals surface area (Å²) in [4.78, 5) is 30.8. The molecular formula is C34H59N4O4+. The third-order valence-corrected chi connectivity index (χ3v) is 8.96. The van der Waals surface area contributed by atoms with E-state index in [-0.39, 0.29) is 23.6 Å². The van der Waals surface area contributed by atoms with Crippen LogP contribution in [-0.4, -0.2) is 97.6 Å². The van der Waals surface area contributed by atoms with Crippen LogP contribution in [0.2, 0.25) is 0 Å². The van der Waals surface area contributed by atoms with E-state index in [9.17, 15) is 9.59 Å². The molecule has 1 amide bonds. The van der Waals surface area contributed by atoms with E-state index in [2.05, 4.69) is 57.8 Å². The number of nitrogens with zero attached hydrogens (tertiary/aromatic N) is 4. The number of carbonyl (C=O) groups excluding carboxylic acids is 1. The quantitative estimate of drug-likeness (QED) is 0.176. The van der Waals surface area contributed by atoms with Gasteiger partial charge < -0.3 is 23.4 Å². The van der Waals surface area contributed by atoms with E-state index in [4.69, 9.17) is 9.47 Å². The second-order valence-corrected chi connectivity index (χ2v) is 13.5. The molecule has 0 aromatic carbocycles. The first kappa shape index (κ1) is 34.3. The largest absolute Gasteiger partial charge is 0.469 e. The number of carbonyl (C=O) groups is 1. The predicted octanol–water partition coefficient (Wildman–Crippen LogP) is 5.13. The number of hydrogen-bond acceptors (Lipinski definition) is 5. The summed E-state index contributed by atoms with van der Waals surface area (Å²) in [6.45, 7) is 11.5. The van der Waals surface area contributed by atoms with E-state index in [1.54, 1.807) is 16.7 Å². The minimum Gasteiger partial charge on any atom is -0.469 e. The van der Waals surface area contributed by atoms with E-state index in [0.29, 0.717) is 31.7 Å². The van der Waals surface area contributed by atoms with Crippen molar-refractivity contribution in [2.75, 3.05) is 60.7 Å². The second-order valence-electron chi connectivity index (χ2n) is 13.5. The number of pyridine rings is 1.